The predicted octanol–water partition coefficient (Wildman–Crippen LogP) is 2.94. The molecule has 0 bridgehead atoms. The molecule has 2 atom stereocenters. The van der Waals surface area contributed by atoms with E-state index in [0.717, 1.165) is 12.0 Å². The Bertz CT molecular complexity index is 335. The van der Waals surface area contributed by atoms with E-state index in [0.29, 0.717) is 6.04 Å². The second-order valence-corrected chi connectivity index (χ2v) is 4.83. The molecule has 1 aromatic carbocycles. The van der Waals surface area contributed by atoms with Crippen LogP contribution in [-0.2, 0) is 0 Å². The van der Waals surface area contributed by atoms with Gasteiger partial charge in [0.05, 0.1) is 0 Å². The van der Waals surface area contributed by atoms with Crippen molar-refractivity contribution in [1.29, 1.82) is 0 Å². The minimum Gasteiger partial charge on any atom is -0.326 e. The average Bonchev–Trinajstić information content (AvgIpc) is 2.31. The highest BCUT2D eigenvalue weighted by molar-refractivity contribution is 5.21. The smallest absolute Gasteiger partial charge is 0.123 e. The molecule has 3 heteroatoms. The third kappa shape index (κ3) is 3.51. The Morgan fingerprint density at radius 3 is 2.18 bits per heavy atom. The number of benzene rings is 1. The number of halogens is 1. The van der Waals surface area contributed by atoms with Crippen molar-refractivity contribution in [2.24, 2.45) is 5.73 Å². The topological polar surface area (TPSA) is 29.3 Å². The Kier molecular flexibility index (Phi) is 5.09. The van der Waals surface area contributed by atoms with Gasteiger partial charge >= 0.3 is 0 Å². The van der Waals surface area contributed by atoms with E-state index in [1.165, 1.54) is 12.1 Å². The summed E-state index contributed by atoms with van der Waals surface area (Å²) in [6, 6.07) is 7.26. The van der Waals surface area contributed by atoms with Gasteiger partial charge < -0.3 is 5.73 Å². The lowest BCUT2D eigenvalue weighted by Crippen LogP contribution is -2.41. The first-order valence-electron chi connectivity index (χ1n) is 6.20. The molecule has 0 amide bonds. The zero-order valence-corrected chi connectivity index (χ0v) is 11.2. The molecular weight excluding hydrogens is 215 g/mol. The number of hydrogen-bond donors (Lipinski definition) is 1. The molecule has 0 aliphatic heterocycles. The fourth-order valence-corrected chi connectivity index (χ4v) is 1.99. The van der Waals surface area contributed by atoms with Gasteiger partial charge in [0.25, 0.3) is 0 Å². The molecule has 0 heterocycles. The molecule has 0 spiro atoms. The molecule has 96 valence electrons. The highest BCUT2D eigenvalue weighted by Gasteiger charge is 2.24. The van der Waals surface area contributed by atoms with Crippen LogP contribution < -0.4 is 5.73 Å². The van der Waals surface area contributed by atoms with Gasteiger partial charge in [-0.05, 0) is 45.0 Å². The summed E-state index contributed by atoms with van der Waals surface area (Å²) < 4.78 is 12.9. The minimum atomic E-state index is -0.204. The summed E-state index contributed by atoms with van der Waals surface area (Å²) >= 11 is 0. The Labute approximate surface area is 104 Å². The van der Waals surface area contributed by atoms with Gasteiger partial charge in [0.2, 0.25) is 0 Å². The average molecular weight is 238 g/mol. The maximum absolute atomic E-state index is 12.9. The molecule has 0 saturated heterocycles. The van der Waals surface area contributed by atoms with Crippen molar-refractivity contribution in [2.45, 2.75) is 45.3 Å². The Morgan fingerprint density at radius 1 is 1.24 bits per heavy atom. The zero-order valence-electron chi connectivity index (χ0n) is 11.2. The molecule has 1 aromatic rings. The second-order valence-electron chi connectivity index (χ2n) is 4.83. The van der Waals surface area contributed by atoms with E-state index < -0.39 is 0 Å². The van der Waals surface area contributed by atoms with E-state index in [2.05, 4.69) is 32.7 Å². The fourth-order valence-electron chi connectivity index (χ4n) is 1.99. The highest BCUT2D eigenvalue weighted by Crippen LogP contribution is 2.25. The maximum Gasteiger partial charge on any atom is 0.123 e. The second kappa shape index (κ2) is 6.12. The van der Waals surface area contributed by atoms with Crippen LogP contribution in [0.2, 0.25) is 0 Å². The van der Waals surface area contributed by atoms with Crippen LogP contribution in [0.1, 0.15) is 38.8 Å². The number of nitrogens with zero attached hydrogens (tertiary/aromatic N) is 1. The molecule has 2 nitrogen and oxygen atoms in total. The summed E-state index contributed by atoms with van der Waals surface area (Å²) in [5, 5.41) is 0. The minimum absolute atomic E-state index is 0.0628. The molecule has 2 unspecified atom stereocenters. The first kappa shape index (κ1) is 14.1. The lowest BCUT2D eigenvalue weighted by Gasteiger charge is -2.35. The summed E-state index contributed by atoms with van der Waals surface area (Å²) in [7, 11) is 2.06. The van der Waals surface area contributed by atoms with Crippen LogP contribution in [0.5, 0.6) is 0 Å². The van der Waals surface area contributed by atoms with E-state index in [-0.39, 0.29) is 17.9 Å². The maximum atomic E-state index is 12.9. The van der Waals surface area contributed by atoms with Gasteiger partial charge in [-0.3, -0.25) is 4.90 Å². The van der Waals surface area contributed by atoms with Crippen molar-refractivity contribution in [1.82, 2.24) is 4.90 Å². The monoisotopic (exact) mass is 238 g/mol. The molecule has 0 fully saturated rings. The van der Waals surface area contributed by atoms with Gasteiger partial charge in [-0.25, -0.2) is 4.39 Å². The Morgan fingerprint density at radius 2 is 1.76 bits per heavy atom. The summed E-state index contributed by atoms with van der Waals surface area (Å²) in [5.41, 5.74) is 7.27. The number of rotatable bonds is 5. The SMILES string of the molecule is CCC(N)C(c1ccc(F)cc1)N(C)C(C)C. The van der Waals surface area contributed by atoms with Crippen LogP contribution in [0, 0.1) is 5.82 Å². The summed E-state index contributed by atoms with van der Waals surface area (Å²) in [4.78, 5) is 2.24. The van der Waals surface area contributed by atoms with Gasteiger partial charge in [-0.15, -0.1) is 0 Å². The van der Waals surface area contributed by atoms with Crippen molar-refractivity contribution in [3.8, 4) is 0 Å². The highest BCUT2D eigenvalue weighted by atomic mass is 19.1. The molecule has 0 aliphatic carbocycles. The van der Waals surface area contributed by atoms with E-state index in [4.69, 9.17) is 5.73 Å². The predicted molar refractivity (Wildman–Crippen MR) is 70.3 cm³/mol. The van der Waals surface area contributed by atoms with Crippen molar-refractivity contribution in [3.05, 3.63) is 35.6 Å². The zero-order chi connectivity index (χ0) is 13.0. The molecule has 17 heavy (non-hydrogen) atoms. The van der Waals surface area contributed by atoms with E-state index in [1.54, 1.807) is 0 Å². The van der Waals surface area contributed by atoms with Crippen LogP contribution >= 0.6 is 0 Å². The fraction of sp³-hybridized carbons (Fsp3) is 0.571. The van der Waals surface area contributed by atoms with Crippen LogP contribution in [0.3, 0.4) is 0 Å². The van der Waals surface area contributed by atoms with Crippen molar-refractivity contribution in [3.63, 3.8) is 0 Å². The Balaban J connectivity index is 3.01. The van der Waals surface area contributed by atoms with Gasteiger partial charge in [0.1, 0.15) is 5.82 Å². The summed E-state index contributed by atoms with van der Waals surface area (Å²) in [5.74, 6) is -0.204. The van der Waals surface area contributed by atoms with Crippen molar-refractivity contribution >= 4 is 0 Å². The third-order valence-electron chi connectivity index (χ3n) is 3.34. The van der Waals surface area contributed by atoms with E-state index >= 15 is 0 Å². The lowest BCUT2D eigenvalue weighted by molar-refractivity contribution is 0.168. The lowest BCUT2D eigenvalue weighted by atomic mass is 9.96. The third-order valence-corrected chi connectivity index (χ3v) is 3.34. The number of likely N-dealkylation sites (N-methyl/N-ethyl adjacent to an activating group) is 1. The van der Waals surface area contributed by atoms with Crippen molar-refractivity contribution < 1.29 is 4.39 Å². The molecule has 1 rings (SSSR count). The molecular formula is C14H23FN2. The normalized spacial score (nSPS) is 15.3. The van der Waals surface area contributed by atoms with Gasteiger partial charge in [-0.1, -0.05) is 19.1 Å². The molecule has 0 radical (unpaired) electrons. The molecule has 0 aromatic heterocycles. The number of nitrogens with two attached hydrogens (primary N) is 1. The van der Waals surface area contributed by atoms with E-state index in [9.17, 15) is 4.39 Å². The molecule has 0 aliphatic rings. The molecule has 0 saturated carbocycles. The standard InChI is InChI=1S/C14H23FN2/c1-5-13(16)14(17(4)10(2)3)11-6-8-12(15)9-7-11/h6-10,13-14H,5,16H2,1-4H3. The summed E-state index contributed by atoms with van der Waals surface area (Å²) in [6.45, 7) is 6.35. The van der Waals surface area contributed by atoms with Crippen molar-refractivity contribution in [2.75, 3.05) is 7.05 Å². The van der Waals surface area contributed by atoms with Gasteiger partial charge in [0.15, 0.2) is 0 Å². The molecule has 2 N–H and O–H groups in total. The van der Waals surface area contributed by atoms with Crippen LogP contribution in [0.15, 0.2) is 24.3 Å². The Hall–Kier alpha value is -0.930. The van der Waals surface area contributed by atoms with Crippen LogP contribution in [0.25, 0.3) is 0 Å². The number of hydrogen-bond acceptors (Lipinski definition) is 2. The largest absolute Gasteiger partial charge is 0.326 e. The van der Waals surface area contributed by atoms with Gasteiger partial charge in [-0.2, -0.15) is 0 Å². The first-order chi connectivity index (χ1) is 7.97. The quantitative estimate of drug-likeness (QED) is 0.854. The summed E-state index contributed by atoms with van der Waals surface area (Å²) in [6.07, 6.45) is 0.902. The van der Waals surface area contributed by atoms with Crippen LogP contribution in [-0.4, -0.2) is 24.0 Å². The van der Waals surface area contributed by atoms with Gasteiger partial charge in [0, 0.05) is 18.1 Å². The van der Waals surface area contributed by atoms with Crippen LogP contribution in [0.4, 0.5) is 4.39 Å². The first-order valence-corrected chi connectivity index (χ1v) is 6.20. The van der Waals surface area contributed by atoms with E-state index in [1.807, 2.05) is 12.1 Å².